The van der Waals surface area contributed by atoms with Crippen LogP contribution in [0.25, 0.3) is 0 Å². The van der Waals surface area contributed by atoms with E-state index in [-0.39, 0.29) is 55.7 Å². The first kappa shape index (κ1) is 83.2. The summed E-state index contributed by atoms with van der Waals surface area (Å²) in [7, 11) is -4.83. The zero-order chi connectivity index (χ0) is 67.1. The fourth-order valence-corrected chi connectivity index (χ4v) is 13.7. The van der Waals surface area contributed by atoms with Crippen molar-refractivity contribution in [2.24, 2.45) is 0 Å². The van der Waals surface area contributed by atoms with Gasteiger partial charge in [0.2, 0.25) is 5.91 Å². The molecule has 0 unspecified atom stereocenters. The van der Waals surface area contributed by atoms with Gasteiger partial charge in [-0.2, -0.15) is 0 Å². The van der Waals surface area contributed by atoms with E-state index in [1.165, 1.54) is 148 Å². The molecule has 1 aliphatic rings. The van der Waals surface area contributed by atoms with Crippen molar-refractivity contribution in [3.8, 4) is 11.5 Å². The number of rotatable bonds is 62. The predicted molar refractivity (Wildman–Crippen MR) is 375 cm³/mol. The number of ether oxygens (including phenoxy) is 5. The van der Waals surface area contributed by atoms with Crippen LogP contribution in [0.1, 0.15) is 336 Å². The van der Waals surface area contributed by atoms with Crippen molar-refractivity contribution in [1.29, 1.82) is 0 Å². The molecule has 0 aromatic heterocycles. The lowest BCUT2D eigenvalue weighted by Crippen LogP contribution is -2.66. The molecule has 0 bridgehead atoms. The number of carbonyl (C=O) groups excluding carboxylic acids is 4. The van der Waals surface area contributed by atoms with Crippen LogP contribution in [0.5, 0.6) is 11.5 Å². The zero-order valence-electron chi connectivity index (χ0n) is 59.2. The lowest BCUT2D eigenvalue weighted by atomic mass is 9.96. The standard InChI is InChI=1S/C77H132NO14P/c1-6-11-15-19-23-27-29-33-37-41-51-59-71(81)86-67(57-45-39-35-31-25-21-17-13-8-3)62-70(80)78-74-76(75(69(64-79)88-77(74)85-61-10-5)92-93(84,90-65-53-47-43-48-54-65)91-66-55-49-44-50-56-66)89-73(83)63-68(58-46-40-36-32-26-22-18-14-9-4)87-72(82)60-52-42-38-34-30-28-24-20-16-12-7-2/h43-44,47-50,53-56,67-69,74-77,79H,6-42,45-46,51-52,57-64H2,1-5H3,(H,78,80)/t67-,68-,69-,74-,75-,76-,77-/m1/s1. The van der Waals surface area contributed by atoms with Gasteiger partial charge in [-0.15, -0.1) is 0 Å². The van der Waals surface area contributed by atoms with Gasteiger partial charge in [-0.25, -0.2) is 4.57 Å². The number of hydrogen-bond donors (Lipinski definition) is 2. The minimum Gasteiger partial charge on any atom is -0.462 e. The minimum absolute atomic E-state index is 0.141. The van der Waals surface area contributed by atoms with E-state index in [1.54, 1.807) is 60.7 Å². The maximum atomic E-state index is 15.4. The molecule has 0 saturated carbocycles. The number of nitrogens with one attached hydrogen (secondary N) is 1. The molecule has 1 saturated heterocycles. The third-order valence-corrected chi connectivity index (χ3v) is 19.1. The Morgan fingerprint density at radius 1 is 0.452 bits per heavy atom. The number of carbonyl (C=O) groups is 4. The van der Waals surface area contributed by atoms with Gasteiger partial charge in [0.25, 0.3) is 0 Å². The largest absolute Gasteiger partial charge is 0.588 e. The Hall–Kier alpha value is -4.01. The highest BCUT2D eigenvalue weighted by atomic mass is 31.2. The van der Waals surface area contributed by atoms with E-state index in [4.69, 9.17) is 37.3 Å². The Kier molecular flexibility index (Phi) is 50.2. The number of para-hydroxylation sites is 2. The Balaban J connectivity index is 1.97. The second-order valence-electron chi connectivity index (χ2n) is 26.4. The van der Waals surface area contributed by atoms with E-state index in [2.05, 4.69) is 33.0 Å². The van der Waals surface area contributed by atoms with Crippen molar-refractivity contribution in [2.45, 2.75) is 379 Å². The second-order valence-corrected chi connectivity index (χ2v) is 27.9. The SMILES string of the molecule is CCCCCCCCCCCCCC(=O)O[C@H](CCCCCCCCCCC)CC(=O)N[C@H]1[C@H](OCCC)O[C@H](CO)[C@@H](OP(=O)(Oc2ccccc2)Oc2ccccc2)[C@@H]1OC(=O)C[C@@H](CCCCCCCCCCC)OC(=O)CCCCCCCCCCCCC. The summed E-state index contributed by atoms with van der Waals surface area (Å²) < 4.78 is 65.8. The number of benzene rings is 2. The smallest absolute Gasteiger partial charge is 0.462 e. The van der Waals surface area contributed by atoms with E-state index < -0.39 is 69.2 Å². The highest BCUT2D eigenvalue weighted by molar-refractivity contribution is 7.49. The molecule has 2 aromatic rings. The average Bonchev–Trinajstić information content (AvgIpc) is 1.08. The van der Waals surface area contributed by atoms with Gasteiger partial charge in [-0.05, 0) is 69.2 Å². The summed E-state index contributed by atoms with van der Waals surface area (Å²) >= 11 is 0. The number of hydrogen-bond acceptors (Lipinski definition) is 14. The first-order chi connectivity index (χ1) is 45.5. The molecule has 2 aromatic carbocycles. The first-order valence-corrected chi connectivity index (χ1v) is 39.5. The Labute approximate surface area is 565 Å². The number of esters is 3. The van der Waals surface area contributed by atoms with Crippen LogP contribution >= 0.6 is 7.82 Å². The normalized spacial score (nSPS) is 17.2. The van der Waals surface area contributed by atoms with Crippen LogP contribution < -0.4 is 14.4 Å². The third-order valence-electron chi connectivity index (χ3n) is 17.7. The summed E-state index contributed by atoms with van der Waals surface area (Å²) in [6.07, 6.45) is 38.9. The fraction of sp³-hybridized carbons (Fsp3) is 0.792. The molecule has 1 heterocycles. The summed E-state index contributed by atoms with van der Waals surface area (Å²) in [6, 6.07) is 15.3. The van der Waals surface area contributed by atoms with Crippen LogP contribution in [0, 0.1) is 0 Å². The molecular weight excluding hydrogens is 1190 g/mol. The minimum atomic E-state index is -4.83. The molecule has 1 aliphatic heterocycles. The van der Waals surface area contributed by atoms with E-state index in [0.717, 1.165) is 96.3 Å². The second kappa shape index (κ2) is 56.1. The van der Waals surface area contributed by atoms with Crippen molar-refractivity contribution in [1.82, 2.24) is 5.32 Å². The predicted octanol–water partition coefficient (Wildman–Crippen LogP) is 21.0. The quantitative estimate of drug-likeness (QED) is 0.0275. The molecule has 1 amide bonds. The molecule has 1 fully saturated rings. The van der Waals surface area contributed by atoms with Crippen LogP contribution in [-0.4, -0.2) is 85.0 Å². The van der Waals surface area contributed by atoms with Gasteiger partial charge in [0.05, 0.1) is 19.4 Å². The highest BCUT2D eigenvalue weighted by Gasteiger charge is 2.54. The molecule has 0 spiro atoms. The lowest BCUT2D eigenvalue weighted by Gasteiger charge is -2.45. The molecule has 3 rings (SSSR count). The average molecular weight is 1330 g/mol. The molecule has 0 radical (unpaired) electrons. The van der Waals surface area contributed by atoms with Gasteiger partial charge < -0.3 is 43.2 Å². The van der Waals surface area contributed by atoms with Gasteiger partial charge >= 0.3 is 25.7 Å². The van der Waals surface area contributed by atoms with Crippen LogP contribution in [0.2, 0.25) is 0 Å². The van der Waals surface area contributed by atoms with Crippen molar-refractivity contribution in [3.63, 3.8) is 0 Å². The molecule has 534 valence electrons. The molecule has 16 heteroatoms. The molecule has 93 heavy (non-hydrogen) atoms. The summed E-state index contributed by atoms with van der Waals surface area (Å²) in [4.78, 5) is 57.2. The Morgan fingerprint density at radius 2 is 0.806 bits per heavy atom. The van der Waals surface area contributed by atoms with E-state index in [1.807, 2.05) is 6.92 Å². The molecule has 2 N–H and O–H groups in total. The number of unbranched alkanes of at least 4 members (excludes halogenated alkanes) is 36. The topological polar surface area (TPSA) is 191 Å². The molecule has 15 nitrogen and oxygen atoms in total. The molecular formula is C77H132NO14P. The van der Waals surface area contributed by atoms with Crippen molar-refractivity contribution in [2.75, 3.05) is 13.2 Å². The summed E-state index contributed by atoms with van der Waals surface area (Å²) in [6.45, 7) is 10.3. The maximum Gasteiger partial charge on any atom is 0.588 e. The molecule has 0 aliphatic carbocycles. The number of aliphatic hydroxyl groups is 1. The van der Waals surface area contributed by atoms with Crippen LogP contribution in [0.15, 0.2) is 60.7 Å². The highest BCUT2D eigenvalue weighted by Crippen LogP contribution is 2.52. The van der Waals surface area contributed by atoms with Crippen molar-refractivity contribution in [3.05, 3.63) is 60.7 Å². The lowest BCUT2D eigenvalue weighted by molar-refractivity contribution is -0.271. The number of phosphoric acid groups is 1. The fourth-order valence-electron chi connectivity index (χ4n) is 12.2. The van der Waals surface area contributed by atoms with E-state index in [0.29, 0.717) is 32.1 Å². The first-order valence-electron chi connectivity index (χ1n) is 38.0. The maximum absolute atomic E-state index is 15.4. The van der Waals surface area contributed by atoms with E-state index in [9.17, 15) is 24.3 Å². The van der Waals surface area contributed by atoms with Gasteiger partial charge in [0, 0.05) is 19.4 Å². The zero-order valence-corrected chi connectivity index (χ0v) is 60.1. The van der Waals surface area contributed by atoms with Crippen molar-refractivity contribution >= 4 is 31.6 Å². The van der Waals surface area contributed by atoms with Gasteiger partial charge in [-0.1, -0.05) is 302 Å². The number of aliphatic hydroxyl groups excluding tert-OH is 1. The van der Waals surface area contributed by atoms with Gasteiger partial charge in [0.15, 0.2) is 12.4 Å². The van der Waals surface area contributed by atoms with Crippen molar-refractivity contribution < 1.29 is 66.1 Å². The van der Waals surface area contributed by atoms with Gasteiger partial charge in [0.1, 0.15) is 42.0 Å². The summed E-state index contributed by atoms with van der Waals surface area (Å²) in [5, 5.41) is 14.3. The molecule has 7 atom stereocenters. The van der Waals surface area contributed by atoms with E-state index >= 15 is 4.57 Å². The van der Waals surface area contributed by atoms with Crippen LogP contribution in [0.4, 0.5) is 0 Å². The van der Waals surface area contributed by atoms with Crippen LogP contribution in [0.3, 0.4) is 0 Å². The number of phosphoric ester groups is 1. The third kappa shape index (κ3) is 41.6. The van der Waals surface area contributed by atoms with Crippen LogP contribution in [-0.2, 0) is 52.0 Å². The van der Waals surface area contributed by atoms with Gasteiger partial charge in [-0.3, -0.25) is 23.7 Å². The monoisotopic (exact) mass is 1330 g/mol. The summed E-state index contributed by atoms with van der Waals surface area (Å²) in [5.41, 5.74) is 0. The number of amides is 1. The summed E-state index contributed by atoms with van der Waals surface area (Å²) in [5.74, 6) is -1.77. The Morgan fingerprint density at radius 3 is 1.17 bits per heavy atom. The Bertz CT molecular complexity index is 2120.